The normalized spacial score (nSPS) is 12.6. The molecule has 0 aromatic carbocycles. The lowest BCUT2D eigenvalue weighted by molar-refractivity contribution is 0.453. The summed E-state index contributed by atoms with van der Waals surface area (Å²) in [5.74, 6) is 6.49. The molecule has 0 amide bonds. The summed E-state index contributed by atoms with van der Waals surface area (Å²) in [5, 5.41) is 0. The minimum atomic E-state index is 0.0501. The SMILES string of the molecule is Cc1cnccc1C(Cc1ccco1)NN. The fourth-order valence-corrected chi connectivity index (χ4v) is 1.76. The molecule has 2 aromatic heterocycles. The van der Waals surface area contributed by atoms with Gasteiger partial charge in [-0.25, -0.2) is 0 Å². The molecule has 0 aliphatic rings. The minimum absolute atomic E-state index is 0.0501. The van der Waals surface area contributed by atoms with Gasteiger partial charge in [0, 0.05) is 18.8 Å². The van der Waals surface area contributed by atoms with Gasteiger partial charge in [0.1, 0.15) is 5.76 Å². The molecule has 3 N–H and O–H groups in total. The van der Waals surface area contributed by atoms with E-state index in [0.29, 0.717) is 0 Å². The summed E-state index contributed by atoms with van der Waals surface area (Å²) in [5.41, 5.74) is 5.08. The van der Waals surface area contributed by atoms with Gasteiger partial charge >= 0.3 is 0 Å². The Labute approximate surface area is 94.5 Å². The molecule has 4 nitrogen and oxygen atoms in total. The summed E-state index contributed by atoms with van der Waals surface area (Å²) < 4.78 is 5.32. The molecular formula is C12H15N3O. The van der Waals surface area contributed by atoms with Crippen LogP contribution in [0, 0.1) is 6.92 Å². The Bertz CT molecular complexity index is 439. The van der Waals surface area contributed by atoms with Crippen molar-refractivity contribution in [3.8, 4) is 0 Å². The van der Waals surface area contributed by atoms with Gasteiger partial charge in [-0.3, -0.25) is 16.3 Å². The second kappa shape index (κ2) is 4.92. The van der Waals surface area contributed by atoms with Gasteiger partial charge in [-0.15, -0.1) is 0 Å². The van der Waals surface area contributed by atoms with Crippen LogP contribution in [0.15, 0.2) is 41.3 Å². The molecule has 0 aliphatic heterocycles. The number of nitrogens with zero attached hydrogens (tertiary/aromatic N) is 1. The topological polar surface area (TPSA) is 64.1 Å². The first-order valence-electron chi connectivity index (χ1n) is 5.20. The Balaban J connectivity index is 2.20. The van der Waals surface area contributed by atoms with Crippen molar-refractivity contribution in [2.45, 2.75) is 19.4 Å². The molecule has 0 spiro atoms. The van der Waals surface area contributed by atoms with Gasteiger partial charge in [-0.1, -0.05) is 0 Å². The Morgan fingerprint density at radius 3 is 3.00 bits per heavy atom. The van der Waals surface area contributed by atoms with Crippen LogP contribution < -0.4 is 11.3 Å². The number of rotatable bonds is 4. The molecule has 0 bridgehead atoms. The standard InChI is InChI=1S/C12H15N3O/c1-9-8-14-5-4-11(9)12(15-13)7-10-3-2-6-16-10/h2-6,8,12,15H,7,13H2,1H3. The van der Waals surface area contributed by atoms with Gasteiger partial charge in [-0.2, -0.15) is 0 Å². The highest BCUT2D eigenvalue weighted by atomic mass is 16.3. The average Bonchev–Trinajstić information content (AvgIpc) is 2.80. The van der Waals surface area contributed by atoms with Crippen molar-refractivity contribution in [1.82, 2.24) is 10.4 Å². The Morgan fingerprint density at radius 2 is 2.38 bits per heavy atom. The summed E-state index contributed by atoms with van der Waals surface area (Å²) in [7, 11) is 0. The molecule has 0 fully saturated rings. The van der Waals surface area contributed by atoms with E-state index in [1.807, 2.05) is 31.3 Å². The maximum Gasteiger partial charge on any atom is 0.105 e. The van der Waals surface area contributed by atoms with Crippen LogP contribution >= 0.6 is 0 Å². The first kappa shape index (κ1) is 10.9. The van der Waals surface area contributed by atoms with Crippen LogP contribution in [0.25, 0.3) is 0 Å². The molecule has 2 aromatic rings. The number of hydrogen-bond acceptors (Lipinski definition) is 4. The molecule has 0 saturated carbocycles. The van der Waals surface area contributed by atoms with Crippen molar-refractivity contribution >= 4 is 0 Å². The van der Waals surface area contributed by atoms with E-state index in [1.54, 1.807) is 12.5 Å². The van der Waals surface area contributed by atoms with Gasteiger partial charge in [0.05, 0.1) is 12.3 Å². The van der Waals surface area contributed by atoms with E-state index in [9.17, 15) is 0 Å². The quantitative estimate of drug-likeness (QED) is 0.604. The van der Waals surface area contributed by atoms with E-state index < -0.39 is 0 Å². The Hall–Kier alpha value is -1.65. The fourth-order valence-electron chi connectivity index (χ4n) is 1.76. The molecule has 1 atom stereocenters. The van der Waals surface area contributed by atoms with Crippen LogP contribution in [0.1, 0.15) is 22.9 Å². The monoisotopic (exact) mass is 217 g/mol. The maximum absolute atomic E-state index is 5.58. The summed E-state index contributed by atoms with van der Waals surface area (Å²) in [4.78, 5) is 4.07. The average molecular weight is 217 g/mol. The third-order valence-corrected chi connectivity index (χ3v) is 2.63. The maximum atomic E-state index is 5.58. The van der Waals surface area contributed by atoms with E-state index in [0.717, 1.165) is 23.3 Å². The highest BCUT2D eigenvalue weighted by Crippen LogP contribution is 2.20. The number of nitrogens with one attached hydrogen (secondary N) is 1. The number of hydrazine groups is 1. The van der Waals surface area contributed by atoms with Crippen molar-refractivity contribution in [3.63, 3.8) is 0 Å². The molecule has 0 radical (unpaired) electrons. The van der Waals surface area contributed by atoms with E-state index in [1.165, 1.54) is 0 Å². The van der Waals surface area contributed by atoms with Crippen molar-refractivity contribution in [2.24, 2.45) is 5.84 Å². The Morgan fingerprint density at radius 1 is 1.50 bits per heavy atom. The second-order valence-electron chi connectivity index (χ2n) is 3.74. The van der Waals surface area contributed by atoms with E-state index in [4.69, 9.17) is 10.3 Å². The minimum Gasteiger partial charge on any atom is -0.469 e. The van der Waals surface area contributed by atoms with Gasteiger partial charge in [0.2, 0.25) is 0 Å². The molecule has 0 aliphatic carbocycles. The highest BCUT2D eigenvalue weighted by molar-refractivity contribution is 5.26. The summed E-state index contributed by atoms with van der Waals surface area (Å²) in [6.07, 6.45) is 6.01. The van der Waals surface area contributed by atoms with Crippen LogP contribution in [-0.2, 0) is 6.42 Å². The molecule has 4 heteroatoms. The summed E-state index contributed by atoms with van der Waals surface area (Å²) in [6, 6.07) is 5.85. The van der Waals surface area contributed by atoms with E-state index in [-0.39, 0.29) is 6.04 Å². The van der Waals surface area contributed by atoms with Crippen molar-refractivity contribution in [2.75, 3.05) is 0 Å². The predicted molar refractivity (Wildman–Crippen MR) is 61.5 cm³/mol. The van der Waals surface area contributed by atoms with Crippen LogP contribution in [-0.4, -0.2) is 4.98 Å². The highest BCUT2D eigenvalue weighted by Gasteiger charge is 2.13. The summed E-state index contributed by atoms with van der Waals surface area (Å²) >= 11 is 0. The third-order valence-electron chi connectivity index (χ3n) is 2.63. The number of pyridine rings is 1. The van der Waals surface area contributed by atoms with Crippen molar-refractivity contribution < 1.29 is 4.42 Å². The van der Waals surface area contributed by atoms with Gasteiger partial charge in [0.15, 0.2) is 0 Å². The van der Waals surface area contributed by atoms with Crippen molar-refractivity contribution in [3.05, 3.63) is 53.7 Å². The molecule has 2 heterocycles. The van der Waals surface area contributed by atoms with Crippen LogP contribution in [0.4, 0.5) is 0 Å². The summed E-state index contributed by atoms with van der Waals surface area (Å²) in [6.45, 7) is 2.02. The zero-order chi connectivity index (χ0) is 11.4. The van der Waals surface area contributed by atoms with Crippen molar-refractivity contribution in [1.29, 1.82) is 0 Å². The largest absolute Gasteiger partial charge is 0.469 e. The molecule has 1 unspecified atom stereocenters. The van der Waals surface area contributed by atoms with Crippen LogP contribution in [0.2, 0.25) is 0 Å². The molecular weight excluding hydrogens is 202 g/mol. The zero-order valence-electron chi connectivity index (χ0n) is 9.18. The van der Waals surface area contributed by atoms with E-state index >= 15 is 0 Å². The fraction of sp³-hybridized carbons (Fsp3) is 0.250. The smallest absolute Gasteiger partial charge is 0.105 e. The molecule has 84 valence electrons. The number of aromatic nitrogens is 1. The lowest BCUT2D eigenvalue weighted by atomic mass is 10.0. The van der Waals surface area contributed by atoms with E-state index in [2.05, 4.69) is 10.4 Å². The first-order valence-corrected chi connectivity index (χ1v) is 5.20. The van der Waals surface area contributed by atoms with Gasteiger partial charge < -0.3 is 4.42 Å². The number of hydrogen-bond donors (Lipinski definition) is 2. The van der Waals surface area contributed by atoms with Gasteiger partial charge in [0.25, 0.3) is 0 Å². The van der Waals surface area contributed by atoms with Crippen LogP contribution in [0.5, 0.6) is 0 Å². The predicted octanol–water partition coefficient (Wildman–Crippen LogP) is 1.73. The first-order chi connectivity index (χ1) is 7.81. The zero-order valence-corrected chi connectivity index (χ0v) is 9.18. The molecule has 16 heavy (non-hydrogen) atoms. The van der Waals surface area contributed by atoms with Crippen LogP contribution in [0.3, 0.4) is 0 Å². The molecule has 0 saturated heterocycles. The number of nitrogens with two attached hydrogens (primary N) is 1. The lowest BCUT2D eigenvalue weighted by Gasteiger charge is -2.16. The Kier molecular flexibility index (Phi) is 3.34. The lowest BCUT2D eigenvalue weighted by Crippen LogP contribution is -2.30. The third kappa shape index (κ3) is 2.29. The molecule has 2 rings (SSSR count). The van der Waals surface area contributed by atoms with Gasteiger partial charge in [-0.05, 0) is 36.2 Å². The number of aryl methyl sites for hydroxylation is 1. The second-order valence-corrected chi connectivity index (χ2v) is 3.74. The number of furan rings is 1.